The van der Waals surface area contributed by atoms with Crippen LogP contribution < -0.4 is 5.32 Å². The summed E-state index contributed by atoms with van der Waals surface area (Å²) in [5, 5.41) is 12.1. The van der Waals surface area contributed by atoms with E-state index in [0.717, 1.165) is 25.7 Å². The molecule has 4 heteroatoms. The monoisotopic (exact) mass is 203 g/mol. The lowest BCUT2D eigenvalue weighted by molar-refractivity contribution is -0.118. The van der Waals surface area contributed by atoms with Crippen LogP contribution in [0.3, 0.4) is 0 Å². The van der Waals surface area contributed by atoms with Crippen molar-refractivity contribution in [1.82, 2.24) is 5.32 Å². The molecule has 3 nitrogen and oxygen atoms in total. The molecule has 1 aliphatic rings. The number of aliphatic hydroxyl groups excluding tert-OH is 1. The van der Waals surface area contributed by atoms with Gasteiger partial charge in [0.15, 0.2) is 0 Å². The van der Waals surface area contributed by atoms with Crippen molar-refractivity contribution in [2.75, 3.05) is 0 Å². The first kappa shape index (κ1) is 10.5. The minimum absolute atomic E-state index is 0.0298. The van der Waals surface area contributed by atoms with Gasteiger partial charge in [-0.1, -0.05) is 31.0 Å². The predicted molar refractivity (Wildman–Crippen MR) is 51.4 cm³/mol. The average molecular weight is 204 g/mol. The van der Waals surface area contributed by atoms with Crippen LogP contribution in [0.2, 0.25) is 0 Å². The van der Waals surface area contributed by atoms with Crippen LogP contribution in [0, 0.1) is 0 Å². The zero-order valence-electron chi connectivity index (χ0n) is 7.42. The highest BCUT2D eigenvalue weighted by molar-refractivity contribution is 6.41. The van der Waals surface area contributed by atoms with Gasteiger partial charge in [-0.2, -0.15) is 0 Å². The molecule has 0 radical (unpaired) electrons. The Bertz CT molecular complexity index is 218. The van der Waals surface area contributed by atoms with Gasteiger partial charge in [0.1, 0.15) is 0 Å². The number of nitrogens with one attached hydrogen (secondary N) is 1. The van der Waals surface area contributed by atoms with Crippen molar-refractivity contribution in [3.05, 3.63) is 11.6 Å². The highest BCUT2D eigenvalue weighted by Crippen LogP contribution is 2.18. The molecule has 2 atom stereocenters. The van der Waals surface area contributed by atoms with Crippen LogP contribution in [-0.4, -0.2) is 23.2 Å². The van der Waals surface area contributed by atoms with Crippen LogP contribution in [-0.2, 0) is 4.79 Å². The quantitative estimate of drug-likeness (QED) is 0.662. The molecule has 1 aliphatic carbocycles. The van der Waals surface area contributed by atoms with E-state index in [2.05, 4.69) is 11.9 Å². The Labute approximate surface area is 82.8 Å². The van der Waals surface area contributed by atoms with Gasteiger partial charge in [-0.05, 0) is 12.8 Å². The summed E-state index contributed by atoms with van der Waals surface area (Å²) in [6, 6.07) is -0.156. The number of halogens is 1. The largest absolute Gasteiger partial charge is 0.391 e. The van der Waals surface area contributed by atoms with Crippen molar-refractivity contribution in [1.29, 1.82) is 0 Å². The Kier molecular flexibility index (Phi) is 3.75. The summed E-state index contributed by atoms with van der Waals surface area (Å²) in [5.41, 5.74) is 0. The van der Waals surface area contributed by atoms with Gasteiger partial charge in [0.2, 0.25) is 0 Å². The van der Waals surface area contributed by atoms with E-state index in [9.17, 15) is 9.90 Å². The Balaban J connectivity index is 2.42. The summed E-state index contributed by atoms with van der Waals surface area (Å²) in [4.78, 5) is 11.1. The smallest absolute Gasteiger partial charge is 0.262 e. The van der Waals surface area contributed by atoms with Gasteiger partial charge in [-0.3, -0.25) is 4.79 Å². The predicted octanol–water partition coefficient (Wildman–Crippen LogP) is 1.16. The lowest BCUT2D eigenvalue weighted by atomic mass is 9.92. The number of hydrogen-bond acceptors (Lipinski definition) is 2. The van der Waals surface area contributed by atoms with Crippen LogP contribution in [0.5, 0.6) is 0 Å². The van der Waals surface area contributed by atoms with Crippen LogP contribution in [0.4, 0.5) is 0 Å². The first-order chi connectivity index (χ1) is 6.11. The third kappa shape index (κ3) is 3.01. The number of aliphatic hydroxyl groups is 1. The fourth-order valence-corrected chi connectivity index (χ4v) is 1.58. The molecule has 0 aromatic heterocycles. The van der Waals surface area contributed by atoms with Gasteiger partial charge in [0.25, 0.3) is 5.91 Å². The van der Waals surface area contributed by atoms with Crippen molar-refractivity contribution >= 4 is 17.5 Å². The van der Waals surface area contributed by atoms with E-state index in [0.29, 0.717) is 0 Å². The van der Waals surface area contributed by atoms with E-state index in [4.69, 9.17) is 11.6 Å². The molecular weight excluding hydrogens is 190 g/mol. The van der Waals surface area contributed by atoms with Gasteiger partial charge >= 0.3 is 0 Å². The average Bonchev–Trinajstić information content (AvgIpc) is 2.08. The molecule has 0 spiro atoms. The second-order valence-electron chi connectivity index (χ2n) is 3.34. The number of carbonyl (C=O) groups is 1. The zero-order chi connectivity index (χ0) is 9.84. The third-order valence-corrected chi connectivity index (χ3v) is 2.46. The number of hydrogen-bond donors (Lipinski definition) is 2. The summed E-state index contributed by atoms with van der Waals surface area (Å²) >= 11 is 5.41. The molecule has 74 valence electrons. The van der Waals surface area contributed by atoms with Crippen molar-refractivity contribution in [2.45, 2.75) is 37.8 Å². The molecule has 13 heavy (non-hydrogen) atoms. The van der Waals surface area contributed by atoms with E-state index in [1.165, 1.54) is 0 Å². The molecule has 0 aliphatic heterocycles. The summed E-state index contributed by atoms with van der Waals surface area (Å²) in [5.74, 6) is -0.382. The van der Waals surface area contributed by atoms with E-state index in [1.807, 2.05) is 0 Å². The summed E-state index contributed by atoms with van der Waals surface area (Å²) in [7, 11) is 0. The fourth-order valence-electron chi connectivity index (χ4n) is 1.53. The number of carbonyl (C=O) groups excluding carboxylic acids is 1. The molecule has 0 aromatic rings. The second kappa shape index (κ2) is 4.63. The lowest BCUT2D eigenvalue weighted by Crippen LogP contribution is -2.45. The number of rotatable bonds is 2. The van der Waals surface area contributed by atoms with E-state index < -0.39 is 6.10 Å². The molecule has 2 N–H and O–H groups in total. The fraction of sp³-hybridized carbons (Fsp3) is 0.667. The SMILES string of the molecule is C=C(Cl)C(=O)N[C@@H]1CCCC[C@H]1O. The summed E-state index contributed by atoms with van der Waals surface area (Å²) in [6.07, 6.45) is 3.19. The molecule has 0 unspecified atom stereocenters. The molecule has 1 rings (SSSR count). The molecule has 1 saturated carbocycles. The highest BCUT2D eigenvalue weighted by atomic mass is 35.5. The standard InChI is InChI=1S/C9H14ClNO2/c1-6(10)9(13)11-7-4-2-3-5-8(7)12/h7-8,12H,1-5H2,(H,11,13)/t7-,8-/m1/s1. The maximum absolute atomic E-state index is 11.1. The van der Waals surface area contributed by atoms with Gasteiger partial charge in [-0.25, -0.2) is 0 Å². The minimum atomic E-state index is -0.436. The van der Waals surface area contributed by atoms with Crippen molar-refractivity contribution in [2.24, 2.45) is 0 Å². The summed E-state index contributed by atoms with van der Waals surface area (Å²) < 4.78 is 0. The third-order valence-electron chi connectivity index (χ3n) is 2.29. The zero-order valence-corrected chi connectivity index (χ0v) is 8.18. The van der Waals surface area contributed by atoms with Crippen LogP contribution in [0.1, 0.15) is 25.7 Å². The van der Waals surface area contributed by atoms with Gasteiger partial charge in [0.05, 0.1) is 17.2 Å². The Morgan fingerprint density at radius 1 is 1.46 bits per heavy atom. The van der Waals surface area contributed by atoms with Gasteiger partial charge in [0, 0.05) is 0 Å². The Morgan fingerprint density at radius 3 is 2.62 bits per heavy atom. The minimum Gasteiger partial charge on any atom is -0.391 e. The molecule has 0 bridgehead atoms. The van der Waals surface area contributed by atoms with E-state index >= 15 is 0 Å². The van der Waals surface area contributed by atoms with Gasteiger partial charge in [-0.15, -0.1) is 0 Å². The van der Waals surface area contributed by atoms with E-state index in [-0.39, 0.29) is 17.0 Å². The number of amides is 1. The Morgan fingerprint density at radius 2 is 2.08 bits per heavy atom. The normalized spacial score (nSPS) is 28.2. The highest BCUT2D eigenvalue weighted by Gasteiger charge is 2.24. The maximum Gasteiger partial charge on any atom is 0.262 e. The molecule has 1 amide bonds. The second-order valence-corrected chi connectivity index (χ2v) is 3.79. The van der Waals surface area contributed by atoms with Crippen molar-refractivity contribution in [3.63, 3.8) is 0 Å². The van der Waals surface area contributed by atoms with E-state index in [1.54, 1.807) is 0 Å². The summed E-state index contributed by atoms with van der Waals surface area (Å²) in [6.45, 7) is 3.32. The van der Waals surface area contributed by atoms with Crippen LogP contribution in [0.15, 0.2) is 11.6 Å². The first-order valence-corrected chi connectivity index (χ1v) is 4.82. The molecule has 0 heterocycles. The topological polar surface area (TPSA) is 49.3 Å². The molecular formula is C9H14ClNO2. The molecule has 0 aromatic carbocycles. The first-order valence-electron chi connectivity index (χ1n) is 4.44. The van der Waals surface area contributed by atoms with Crippen LogP contribution >= 0.6 is 11.6 Å². The van der Waals surface area contributed by atoms with Crippen molar-refractivity contribution < 1.29 is 9.90 Å². The molecule has 0 saturated heterocycles. The Hall–Kier alpha value is -0.540. The maximum atomic E-state index is 11.1. The molecule has 1 fully saturated rings. The van der Waals surface area contributed by atoms with Crippen molar-refractivity contribution in [3.8, 4) is 0 Å². The van der Waals surface area contributed by atoms with Crippen LogP contribution in [0.25, 0.3) is 0 Å². The van der Waals surface area contributed by atoms with Gasteiger partial charge < -0.3 is 10.4 Å². The lowest BCUT2D eigenvalue weighted by Gasteiger charge is -2.28.